The minimum absolute atomic E-state index is 0.155. The molecule has 0 saturated heterocycles. The first-order valence-corrected chi connectivity index (χ1v) is 11.4. The summed E-state index contributed by atoms with van der Waals surface area (Å²) in [7, 11) is 0. The molecule has 2 N–H and O–H groups in total. The molecule has 0 fully saturated rings. The van der Waals surface area contributed by atoms with Gasteiger partial charge in [0.05, 0.1) is 17.6 Å². The van der Waals surface area contributed by atoms with Gasteiger partial charge in [-0.05, 0) is 68.1 Å². The van der Waals surface area contributed by atoms with Crippen LogP contribution in [0, 0.1) is 0 Å². The summed E-state index contributed by atoms with van der Waals surface area (Å²) in [4.78, 5) is 15.8. The number of fused-ring (bicyclic) bond motifs is 1. The van der Waals surface area contributed by atoms with Crippen LogP contribution in [-0.4, -0.2) is 18.9 Å². The van der Waals surface area contributed by atoms with Crippen LogP contribution in [0.5, 0.6) is 0 Å². The molecule has 5 rings (SSSR count). The molecule has 2 aliphatic rings. The Morgan fingerprint density at radius 2 is 1.69 bits per heavy atom. The number of para-hydroxylation sites is 2. The van der Waals surface area contributed by atoms with Crippen LogP contribution in [-0.2, 0) is 4.79 Å². The predicted octanol–water partition coefficient (Wildman–Crippen LogP) is 6.11. The van der Waals surface area contributed by atoms with Crippen molar-refractivity contribution in [3.05, 3.63) is 89.5 Å². The zero-order chi connectivity index (χ0) is 22.1. The van der Waals surface area contributed by atoms with Gasteiger partial charge in [0.1, 0.15) is 11.8 Å². The van der Waals surface area contributed by atoms with Crippen molar-refractivity contribution < 1.29 is 9.21 Å². The van der Waals surface area contributed by atoms with Gasteiger partial charge in [-0.1, -0.05) is 24.3 Å². The maximum atomic E-state index is 13.5. The average molecular weight is 428 g/mol. The predicted molar refractivity (Wildman–Crippen MR) is 129 cm³/mol. The number of rotatable bonds is 5. The van der Waals surface area contributed by atoms with Crippen LogP contribution < -0.4 is 15.5 Å². The Morgan fingerprint density at radius 3 is 2.38 bits per heavy atom. The van der Waals surface area contributed by atoms with Crippen LogP contribution in [0.15, 0.2) is 82.6 Å². The third-order valence-electron chi connectivity index (χ3n) is 6.63. The first-order chi connectivity index (χ1) is 15.7. The Kier molecular flexibility index (Phi) is 5.48. The van der Waals surface area contributed by atoms with Crippen LogP contribution in [0.2, 0.25) is 0 Å². The molecule has 164 valence electrons. The Morgan fingerprint density at radius 1 is 0.938 bits per heavy atom. The van der Waals surface area contributed by atoms with E-state index in [0.717, 1.165) is 47.9 Å². The fourth-order valence-electron chi connectivity index (χ4n) is 4.94. The highest BCUT2D eigenvalue weighted by Gasteiger charge is 2.37. The molecule has 32 heavy (non-hydrogen) atoms. The summed E-state index contributed by atoms with van der Waals surface area (Å²) in [6.45, 7) is 6.31. The highest BCUT2D eigenvalue weighted by Crippen LogP contribution is 2.44. The van der Waals surface area contributed by atoms with E-state index in [1.165, 1.54) is 11.3 Å². The molecule has 0 spiro atoms. The molecule has 0 amide bonds. The number of ketones is 1. The summed E-state index contributed by atoms with van der Waals surface area (Å²) < 4.78 is 5.73. The topological polar surface area (TPSA) is 57.5 Å². The lowest BCUT2D eigenvalue weighted by Gasteiger charge is -2.29. The Bertz CT molecular complexity index is 1130. The van der Waals surface area contributed by atoms with Crippen molar-refractivity contribution in [3.8, 4) is 0 Å². The number of carbonyl (C=O) groups excluding carboxylic acids is 1. The highest BCUT2D eigenvalue weighted by molar-refractivity contribution is 6.01. The van der Waals surface area contributed by atoms with Crippen LogP contribution >= 0.6 is 0 Å². The van der Waals surface area contributed by atoms with E-state index in [1.807, 2.05) is 36.4 Å². The van der Waals surface area contributed by atoms with Gasteiger partial charge < -0.3 is 20.0 Å². The largest absolute Gasteiger partial charge is 0.467 e. The molecule has 1 aliphatic carbocycles. The normalized spacial score (nSPS) is 20.0. The summed E-state index contributed by atoms with van der Waals surface area (Å²) >= 11 is 0. The molecule has 1 aliphatic heterocycles. The number of nitrogens with zero attached hydrogens (tertiary/aromatic N) is 1. The Labute approximate surface area is 189 Å². The van der Waals surface area contributed by atoms with Gasteiger partial charge in [-0.2, -0.15) is 0 Å². The molecule has 0 bridgehead atoms. The molecule has 1 aromatic heterocycles. The lowest BCUT2D eigenvalue weighted by Crippen LogP contribution is -2.26. The lowest BCUT2D eigenvalue weighted by atomic mass is 9.79. The smallest absolute Gasteiger partial charge is 0.163 e. The van der Waals surface area contributed by atoms with Gasteiger partial charge >= 0.3 is 0 Å². The van der Waals surface area contributed by atoms with E-state index in [2.05, 4.69) is 53.6 Å². The average Bonchev–Trinajstić information content (AvgIpc) is 3.29. The SMILES string of the molecule is CCN(CC)c1ccc([C@H]2CC(=O)C3=C(C2)Nc2ccccc2N[C@@H]3c2ccco2)cc1. The zero-order valence-electron chi connectivity index (χ0n) is 18.6. The Hall–Kier alpha value is -3.47. The third kappa shape index (κ3) is 3.68. The number of carbonyl (C=O) groups is 1. The molecule has 0 radical (unpaired) electrons. The number of nitrogens with one attached hydrogen (secondary N) is 2. The summed E-state index contributed by atoms with van der Waals surface area (Å²) in [5, 5.41) is 7.12. The zero-order valence-corrected chi connectivity index (χ0v) is 18.6. The van der Waals surface area contributed by atoms with Crippen LogP contribution in [0.3, 0.4) is 0 Å². The monoisotopic (exact) mass is 427 g/mol. The number of Topliss-reactive ketones (excluding diaryl/α,β-unsaturated/α-hetero) is 1. The minimum atomic E-state index is -0.297. The van der Waals surface area contributed by atoms with E-state index in [9.17, 15) is 4.79 Å². The van der Waals surface area contributed by atoms with Crippen LogP contribution in [0.1, 0.15) is 50.0 Å². The van der Waals surface area contributed by atoms with Gasteiger partial charge in [-0.25, -0.2) is 0 Å². The highest BCUT2D eigenvalue weighted by atomic mass is 16.3. The Balaban J connectivity index is 1.50. The number of anilines is 3. The number of benzene rings is 2. The van der Waals surface area contributed by atoms with Crippen molar-refractivity contribution in [2.24, 2.45) is 0 Å². The molecule has 3 aromatic rings. The molecule has 2 heterocycles. The maximum absolute atomic E-state index is 13.5. The van der Waals surface area contributed by atoms with Crippen molar-refractivity contribution >= 4 is 22.8 Å². The number of hydrogen-bond donors (Lipinski definition) is 2. The van der Waals surface area contributed by atoms with E-state index < -0.39 is 0 Å². The molecule has 0 saturated carbocycles. The summed E-state index contributed by atoms with van der Waals surface area (Å²) in [5.74, 6) is 1.08. The number of hydrogen-bond acceptors (Lipinski definition) is 5. The van der Waals surface area contributed by atoms with Crippen molar-refractivity contribution in [1.29, 1.82) is 0 Å². The van der Waals surface area contributed by atoms with Gasteiger partial charge in [0.25, 0.3) is 0 Å². The van der Waals surface area contributed by atoms with Crippen LogP contribution in [0.4, 0.5) is 17.1 Å². The van der Waals surface area contributed by atoms with Crippen molar-refractivity contribution in [2.75, 3.05) is 28.6 Å². The van der Waals surface area contributed by atoms with E-state index in [1.54, 1.807) is 6.26 Å². The van der Waals surface area contributed by atoms with Crippen molar-refractivity contribution in [2.45, 2.75) is 38.6 Å². The number of allylic oxidation sites excluding steroid dienone is 1. The third-order valence-corrected chi connectivity index (χ3v) is 6.63. The fraction of sp³-hybridized carbons (Fsp3) is 0.296. The lowest BCUT2D eigenvalue weighted by molar-refractivity contribution is -0.116. The van der Waals surface area contributed by atoms with Gasteiger partial charge in [0.2, 0.25) is 0 Å². The first-order valence-electron chi connectivity index (χ1n) is 11.4. The van der Waals surface area contributed by atoms with Gasteiger partial charge in [-0.3, -0.25) is 4.79 Å². The minimum Gasteiger partial charge on any atom is -0.467 e. The molecule has 5 heteroatoms. The fourth-order valence-corrected chi connectivity index (χ4v) is 4.94. The molecule has 2 atom stereocenters. The quantitative estimate of drug-likeness (QED) is 0.515. The van der Waals surface area contributed by atoms with E-state index in [4.69, 9.17) is 4.42 Å². The van der Waals surface area contributed by atoms with Gasteiger partial charge in [0.15, 0.2) is 5.78 Å². The molecular weight excluding hydrogens is 398 g/mol. The van der Waals surface area contributed by atoms with Gasteiger partial charge in [0, 0.05) is 36.5 Å². The van der Waals surface area contributed by atoms with Crippen LogP contribution in [0.25, 0.3) is 0 Å². The summed E-state index contributed by atoms with van der Waals surface area (Å²) in [5.41, 5.74) is 6.16. The second-order valence-corrected chi connectivity index (χ2v) is 8.45. The van der Waals surface area contributed by atoms with Crippen molar-refractivity contribution in [1.82, 2.24) is 0 Å². The summed E-state index contributed by atoms with van der Waals surface area (Å²) in [6.07, 6.45) is 2.95. The number of furan rings is 1. The second-order valence-electron chi connectivity index (χ2n) is 8.45. The van der Waals surface area contributed by atoms with E-state index in [0.29, 0.717) is 6.42 Å². The summed E-state index contributed by atoms with van der Waals surface area (Å²) in [6, 6.07) is 20.3. The first kappa shape index (κ1) is 20.4. The second kappa shape index (κ2) is 8.58. The maximum Gasteiger partial charge on any atom is 0.163 e. The molecule has 2 aromatic carbocycles. The molecule has 5 nitrogen and oxygen atoms in total. The van der Waals surface area contributed by atoms with E-state index in [-0.39, 0.29) is 17.7 Å². The van der Waals surface area contributed by atoms with E-state index >= 15 is 0 Å². The molecule has 0 unspecified atom stereocenters. The molecular formula is C27H29N3O2. The van der Waals surface area contributed by atoms with Gasteiger partial charge in [-0.15, -0.1) is 0 Å². The van der Waals surface area contributed by atoms with Crippen molar-refractivity contribution in [3.63, 3.8) is 0 Å². The standard InChI is InChI=1S/C27H29N3O2/c1-3-30(4-2)20-13-11-18(12-14-20)19-16-23-26(24(31)17-19)27(25-10-7-15-32-25)29-22-9-6-5-8-21(22)28-23/h5-15,19,27-29H,3-4,16-17H2,1-2H3/t19-,27-/m1/s1.